The van der Waals surface area contributed by atoms with Crippen molar-refractivity contribution < 1.29 is 14.3 Å². The van der Waals surface area contributed by atoms with Crippen molar-refractivity contribution in [1.82, 2.24) is 15.6 Å². The summed E-state index contributed by atoms with van der Waals surface area (Å²) in [6, 6.07) is 16.6. The number of rotatable bonds is 7. The smallest absolute Gasteiger partial charge is 0.271 e. The van der Waals surface area contributed by atoms with E-state index >= 15 is 0 Å². The quantitative estimate of drug-likeness (QED) is 0.468. The van der Waals surface area contributed by atoms with Gasteiger partial charge in [-0.05, 0) is 43.2 Å². The highest BCUT2D eigenvalue weighted by Gasteiger charge is 2.29. The summed E-state index contributed by atoms with van der Waals surface area (Å²) in [7, 11) is 0. The number of thiazole rings is 1. The predicted octanol–water partition coefficient (Wildman–Crippen LogP) is 4.96. The van der Waals surface area contributed by atoms with Gasteiger partial charge in [-0.1, -0.05) is 53.0 Å². The molecule has 2 amide bonds. The van der Waals surface area contributed by atoms with Crippen molar-refractivity contribution in [2.75, 3.05) is 0 Å². The first kappa shape index (κ1) is 22.5. The standard InChI is InChI=1S/C24H24BrN3O3S/c25-17-8-6-7-16(13-17)23(29)27-19-11-4-5-12-20(19)28-24(30)21-15-32-22(26-21)14-31-18-9-2-1-3-10-18/h1-3,6-10,13,15,19-20H,4-5,11-12,14H2,(H,27,29)(H,28,30)/t19-,20-/m1/s1. The molecule has 0 bridgehead atoms. The van der Waals surface area contributed by atoms with Crippen molar-refractivity contribution in [3.63, 3.8) is 0 Å². The van der Waals surface area contributed by atoms with Crippen LogP contribution in [0.25, 0.3) is 0 Å². The van der Waals surface area contributed by atoms with Crippen molar-refractivity contribution >= 4 is 39.1 Å². The molecule has 8 heteroatoms. The van der Waals surface area contributed by atoms with E-state index in [1.165, 1.54) is 11.3 Å². The Morgan fingerprint density at radius 3 is 2.44 bits per heavy atom. The summed E-state index contributed by atoms with van der Waals surface area (Å²) >= 11 is 4.80. The SMILES string of the molecule is O=C(N[C@@H]1CCCC[C@H]1NC(=O)c1csc(COc2ccccc2)n1)c1cccc(Br)c1. The molecular formula is C24H24BrN3O3S. The summed E-state index contributed by atoms with van der Waals surface area (Å²) in [5.74, 6) is 0.409. The summed E-state index contributed by atoms with van der Waals surface area (Å²) in [4.78, 5) is 29.9. The first-order valence-corrected chi connectivity index (χ1v) is 12.3. The number of nitrogens with one attached hydrogen (secondary N) is 2. The number of ether oxygens (including phenoxy) is 1. The van der Waals surface area contributed by atoms with E-state index in [9.17, 15) is 9.59 Å². The molecule has 0 radical (unpaired) electrons. The lowest BCUT2D eigenvalue weighted by Gasteiger charge is -2.32. The van der Waals surface area contributed by atoms with Gasteiger partial charge in [0.25, 0.3) is 11.8 Å². The summed E-state index contributed by atoms with van der Waals surface area (Å²) in [6.45, 7) is 0.316. The molecule has 2 aromatic carbocycles. The van der Waals surface area contributed by atoms with Crippen molar-refractivity contribution in [2.45, 2.75) is 44.4 Å². The predicted molar refractivity (Wildman–Crippen MR) is 128 cm³/mol. The van der Waals surface area contributed by atoms with Crippen LogP contribution in [0.1, 0.15) is 51.5 Å². The van der Waals surface area contributed by atoms with Crippen molar-refractivity contribution in [3.05, 3.63) is 80.7 Å². The van der Waals surface area contributed by atoms with Gasteiger partial charge in [-0.3, -0.25) is 9.59 Å². The number of para-hydroxylation sites is 1. The highest BCUT2D eigenvalue weighted by atomic mass is 79.9. The number of aromatic nitrogens is 1. The summed E-state index contributed by atoms with van der Waals surface area (Å²) in [6.07, 6.45) is 3.69. The average Bonchev–Trinajstić information content (AvgIpc) is 3.29. The second-order valence-corrected chi connectivity index (χ2v) is 9.54. The maximum absolute atomic E-state index is 12.8. The molecule has 1 aliphatic carbocycles. The highest BCUT2D eigenvalue weighted by molar-refractivity contribution is 9.10. The fourth-order valence-electron chi connectivity index (χ4n) is 3.74. The molecule has 3 aromatic rings. The lowest BCUT2D eigenvalue weighted by atomic mass is 9.90. The van der Waals surface area contributed by atoms with E-state index in [4.69, 9.17) is 4.74 Å². The van der Waals surface area contributed by atoms with Crippen molar-refractivity contribution in [2.24, 2.45) is 0 Å². The second-order valence-electron chi connectivity index (χ2n) is 7.68. The first-order chi connectivity index (χ1) is 15.6. The molecule has 0 saturated heterocycles. The Morgan fingerprint density at radius 2 is 1.72 bits per heavy atom. The van der Waals surface area contributed by atoms with E-state index in [2.05, 4.69) is 31.5 Å². The topological polar surface area (TPSA) is 80.3 Å². The van der Waals surface area contributed by atoms with E-state index in [1.54, 1.807) is 17.5 Å². The van der Waals surface area contributed by atoms with E-state index in [-0.39, 0.29) is 23.9 Å². The van der Waals surface area contributed by atoms with Gasteiger partial charge in [-0.15, -0.1) is 11.3 Å². The average molecular weight is 514 g/mol. The third-order valence-corrected chi connectivity index (χ3v) is 6.69. The molecule has 2 atom stereocenters. The van der Waals surface area contributed by atoms with E-state index in [1.807, 2.05) is 42.5 Å². The zero-order chi connectivity index (χ0) is 22.3. The van der Waals surface area contributed by atoms with Gasteiger partial charge in [0.05, 0.1) is 0 Å². The molecule has 32 heavy (non-hydrogen) atoms. The lowest BCUT2D eigenvalue weighted by Crippen LogP contribution is -2.53. The molecule has 0 unspecified atom stereocenters. The largest absolute Gasteiger partial charge is 0.486 e. The Balaban J connectivity index is 1.35. The van der Waals surface area contributed by atoms with Crippen LogP contribution in [-0.4, -0.2) is 28.9 Å². The second kappa shape index (κ2) is 10.7. The third kappa shape index (κ3) is 5.95. The van der Waals surface area contributed by atoms with Crippen LogP contribution >= 0.6 is 27.3 Å². The van der Waals surface area contributed by atoms with Crippen LogP contribution in [0.5, 0.6) is 5.75 Å². The molecule has 1 fully saturated rings. The summed E-state index contributed by atoms with van der Waals surface area (Å²) in [5.41, 5.74) is 0.974. The molecule has 0 aliphatic heterocycles. The van der Waals surface area contributed by atoms with Gasteiger partial charge in [-0.2, -0.15) is 0 Å². The van der Waals surface area contributed by atoms with Crippen LogP contribution in [0.2, 0.25) is 0 Å². The zero-order valence-electron chi connectivity index (χ0n) is 17.4. The van der Waals surface area contributed by atoms with Crippen molar-refractivity contribution in [3.8, 4) is 5.75 Å². The maximum atomic E-state index is 12.8. The maximum Gasteiger partial charge on any atom is 0.271 e. The molecule has 0 spiro atoms. The van der Waals surface area contributed by atoms with Gasteiger partial charge >= 0.3 is 0 Å². The molecule has 1 aromatic heterocycles. The van der Waals surface area contributed by atoms with Gasteiger partial charge < -0.3 is 15.4 Å². The molecule has 1 aliphatic rings. The van der Waals surface area contributed by atoms with E-state index in [0.717, 1.165) is 40.9 Å². The minimum atomic E-state index is -0.221. The molecule has 1 heterocycles. The lowest BCUT2D eigenvalue weighted by molar-refractivity contribution is 0.0860. The number of hydrogen-bond acceptors (Lipinski definition) is 5. The number of halogens is 1. The Morgan fingerprint density at radius 1 is 1.00 bits per heavy atom. The van der Waals surface area contributed by atoms with Crippen LogP contribution in [0.15, 0.2) is 64.5 Å². The van der Waals surface area contributed by atoms with Gasteiger partial charge in [0.15, 0.2) is 0 Å². The molecule has 1 saturated carbocycles. The minimum absolute atomic E-state index is 0.112. The van der Waals surface area contributed by atoms with Crippen LogP contribution < -0.4 is 15.4 Å². The number of carbonyl (C=O) groups excluding carboxylic acids is 2. The monoisotopic (exact) mass is 513 g/mol. The zero-order valence-corrected chi connectivity index (χ0v) is 19.8. The number of amides is 2. The molecule has 4 rings (SSSR count). The number of nitrogens with zero attached hydrogens (tertiary/aromatic N) is 1. The number of benzene rings is 2. The molecule has 166 valence electrons. The Kier molecular flexibility index (Phi) is 7.55. The fraction of sp³-hybridized carbons (Fsp3) is 0.292. The van der Waals surface area contributed by atoms with Crippen LogP contribution in [0, 0.1) is 0 Å². The van der Waals surface area contributed by atoms with Gasteiger partial charge in [0.2, 0.25) is 0 Å². The van der Waals surface area contributed by atoms with Gasteiger partial charge in [0, 0.05) is 27.5 Å². The van der Waals surface area contributed by atoms with Crippen LogP contribution in [0.4, 0.5) is 0 Å². The van der Waals surface area contributed by atoms with Crippen molar-refractivity contribution in [1.29, 1.82) is 0 Å². The normalized spacial score (nSPS) is 18.0. The first-order valence-electron chi connectivity index (χ1n) is 10.6. The van der Waals surface area contributed by atoms with E-state index in [0.29, 0.717) is 17.9 Å². The Labute approximate surface area is 199 Å². The highest BCUT2D eigenvalue weighted by Crippen LogP contribution is 2.21. The van der Waals surface area contributed by atoms with Crippen LogP contribution in [0.3, 0.4) is 0 Å². The molecule has 6 nitrogen and oxygen atoms in total. The molecule has 2 N–H and O–H groups in total. The molecular weight excluding hydrogens is 490 g/mol. The number of hydrogen-bond donors (Lipinski definition) is 2. The van der Waals surface area contributed by atoms with Gasteiger partial charge in [-0.25, -0.2) is 4.98 Å². The van der Waals surface area contributed by atoms with Gasteiger partial charge in [0.1, 0.15) is 23.1 Å². The third-order valence-electron chi connectivity index (χ3n) is 5.38. The van der Waals surface area contributed by atoms with E-state index < -0.39 is 0 Å². The summed E-state index contributed by atoms with van der Waals surface area (Å²) < 4.78 is 6.57. The Hall–Kier alpha value is -2.71. The fourth-order valence-corrected chi connectivity index (χ4v) is 4.83. The Bertz CT molecular complexity index is 1070. The van der Waals surface area contributed by atoms with Crippen LogP contribution in [-0.2, 0) is 6.61 Å². The minimum Gasteiger partial charge on any atom is -0.486 e. The summed E-state index contributed by atoms with van der Waals surface area (Å²) in [5, 5.41) is 8.67. The number of carbonyl (C=O) groups is 2.